The Labute approximate surface area is 151 Å². The molecule has 0 spiro atoms. The average Bonchev–Trinajstić information content (AvgIpc) is 3.15. The molecule has 0 atom stereocenters. The molecule has 148 valence electrons. The molecule has 0 unspecified atom stereocenters. The van der Waals surface area contributed by atoms with Gasteiger partial charge in [0, 0.05) is 18.8 Å². The van der Waals surface area contributed by atoms with Crippen LogP contribution in [0.5, 0.6) is 5.88 Å². The molecule has 2 rings (SSSR count). The fourth-order valence-electron chi connectivity index (χ4n) is 2.28. The van der Waals surface area contributed by atoms with Gasteiger partial charge in [-0.05, 0) is 19.4 Å². The fraction of sp³-hybridized carbons (Fsp3) is 0.500. The van der Waals surface area contributed by atoms with Crippen LogP contribution in [0.15, 0.2) is 12.3 Å². The number of aromatic nitrogens is 4. The van der Waals surface area contributed by atoms with Gasteiger partial charge >= 0.3 is 17.7 Å². The monoisotopic (exact) mass is 390 g/mol. The van der Waals surface area contributed by atoms with E-state index in [1.54, 1.807) is 0 Å². The molecule has 10 nitrogen and oxygen atoms in total. The number of hydrogen-bond acceptors (Lipinski definition) is 6. The molecule has 2 aromatic rings. The fourth-order valence-corrected chi connectivity index (χ4v) is 2.28. The summed E-state index contributed by atoms with van der Waals surface area (Å²) in [5, 5.41) is 20.6. The molecule has 27 heavy (non-hydrogen) atoms. The first kappa shape index (κ1) is 20.2. The van der Waals surface area contributed by atoms with Crippen molar-refractivity contribution in [2.45, 2.75) is 32.6 Å². The minimum absolute atomic E-state index is 0.194. The molecule has 1 amide bonds. The summed E-state index contributed by atoms with van der Waals surface area (Å²) in [4.78, 5) is 22.0. The summed E-state index contributed by atoms with van der Waals surface area (Å²) in [6.07, 6.45) is -3.07. The van der Waals surface area contributed by atoms with Gasteiger partial charge in [-0.1, -0.05) is 0 Å². The van der Waals surface area contributed by atoms with Crippen molar-refractivity contribution in [3.8, 4) is 5.88 Å². The van der Waals surface area contributed by atoms with Crippen LogP contribution in [0, 0.1) is 17.0 Å². The van der Waals surface area contributed by atoms with E-state index in [1.807, 2.05) is 0 Å². The number of amides is 1. The Morgan fingerprint density at radius 1 is 1.41 bits per heavy atom. The Balaban J connectivity index is 1.82. The van der Waals surface area contributed by atoms with Crippen molar-refractivity contribution in [2.24, 2.45) is 0 Å². The van der Waals surface area contributed by atoms with Crippen molar-refractivity contribution in [3.63, 3.8) is 0 Å². The predicted molar refractivity (Wildman–Crippen MR) is 85.0 cm³/mol. The quantitative estimate of drug-likeness (QED) is 0.415. The van der Waals surface area contributed by atoms with Crippen molar-refractivity contribution in [1.82, 2.24) is 24.9 Å². The first-order valence-electron chi connectivity index (χ1n) is 7.76. The Morgan fingerprint density at radius 2 is 2.11 bits per heavy atom. The van der Waals surface area contributed by atoms with Crippen LogP contribution in [0.2, 0.25) is 0 Å². The molecule has 0 aliphatic rings. The second-order valence-electron chi connectivity index (χ2n) is 5.57. The van der Waals surface area contributed by atoms with Crippen LogP contribution in [0.4, 0.5) is 18.9 Å². The molecular formula is C14H17F3N6O4. The van der Waals surface area contributed by atoms with E-state index in [9.17, 15) is 28.1 Å². The summed E-state index contributed by atoms with van der Waals surface area (Å²) < 4.78 is 44.8. The van der Waals surface area contributed by atoms with Gasteiger partial charge in [0.25, 0.3) is 0 Å². The second kappa shape index (κ2) is 8.05. The molecule has 0 bridgehead atoms. The van der Waals surface area contributed by atoms with Crippen molar-refractivity contribution in [1.29, 1.82) is 0 Å². The first-order chi connectivity index (χ1) is 12.6. The normalized spacial score (nSPS) is 11.4. The highest BCUT2D eigenvalue weighted by atomic mass is 19.4. The van der Waals surface area contributed by atoms with Gasteiger partial charge in [-0.3, -0.25) is 24.3 Å². The van der Waals surface area contributed by atoms with Crippen LogP contribution >= 0.6 is 0 Å². The maximum atomic E-state index is 12.6. The third-order valence-electron chi connectivity index (χ3n) is 3.55. The molecule has 2 aromatic heterocycles. The van der Waals surface area contributed by atoms with E-state index in [0.29, 0.717) is 12.1 Å². The molecule has 13 heteroatoms. The number of nitrogens with one attached hydrogen (secondary N) is 1. The van der Waals surface area contributed by atoms with Crippen molar-refractivity contribution in [2.75, 3.05) is 13.7 Å². The average molecular weight is 390 g/mol. The number of nitro groups is 1. The number of rotatable bonds is 8. The van der Waals surface area contributed by atoms with Gasteiger partial charge in [-0.2, -0.15) is 18.3 Å². The van der Waals surface area contributed by atoms with Gasteiger partial charge < -0.3 is 10.1 Å². The molecular weight excluding hydrogens is 373 g/mol. The second-order valence-corrected chi connectivity index (χ2v) is 5.57. The van der Waals surface area contributed by atoms with Crippen LogP contribution in [-0.4, -0.2) is 44.0 Å². The maximum absolute atomic E-state index is 12.6. The van der Waals surface area contributed by atoms with Crippen LogP contribution in [0.3, 0.4) is 0 Å². The summed E-state index contributed by atoms with van der Waals surface area (Å²) in [6, 6.07) is 0.955. The van der Waals surface area contributed by atoms with Gasteiger partial charge in [0.2, 0.25) is 5.91 Å². The summed E-state index contributed by atoms with van der Waals surface area (Å²) >= 11 is 0. The summed E-state index contributed by atoms with van der Waals surface area (Å²) in [5.74, 6) is -0.661. The highest BCUT2D eigenvalue weighted by Gasteiger charge is 2.34. The van der Waals surface area contributed by atoms with Crippen LogP contribution in [0.1, 0.15) is 17.8 Å². The lowest BCUT2D eigenvalue weighted by Gasteiger charge is -2.07. The standard InChI is InChI=1S/C14H17F3N6O4/c1-9-6-11(14(15,16)17)19-22(9)5-3-4-18-12(24)8-21-7-10(23(25)26)13(20-21)27-2/h6-7H,3-5,8H2,1-2H3,(H,18,24). The Hall–Kier alpha value is -3.12. The molecule has 0 saturated carbocycles. The lowest BCUT2D eigenvalue weighted by Crippen LogP contribution is -2.29. The minimum atomic E-state index is -4.50. The number of ether oxygens (including phenoxy) is 1. The van der Waals surface area contributed by atoms with Crippen molar-refractivity contribution in [3.05, 3.63) is 33.8 Å². The van der Waals surface area contributed by atoms with Gasteiger partial charge in [0.15, 0.2) is 5.69 Å². The number of hydrogen-bond donors (Lipinski definition) is 1. The molecule has 0 radical (unpaired) electrons. The lowest BCUT2D eigenvalue weighted by molar-refractivity contribution is -0.385. The van der Waals surface area contributed by atoms with Crippen molar-refractivity contribution < 1.29 is 27.6 Å². The third kappa shape index (κ3) is 5.18. The Kier molecular flexibility index (Phi) is 6.02. The summed E-state index contributed by atoms with van der Waals surface area (Å²) in [7, 11) is 1.22. The number of methoxy groups -OCH3 is 1. The Bertz CT molecular complexity index is 829. The number of carbonyl (C=O) groups excluding carboxylic acids is 1. The third-order valence-corrected chi connectivity index (χ3v) is 3.55. The van der Waals surface area contributed by atoms with E-state index in [1.165, 1.54) is 18.7 Å². The zero-order valence-corrected chi connectivity index (χ0v) is 14.5. The van der Waals surface area contributed by atoms with E-state index in [4.69, 9.17) is 4.74 Å². The van der Waals surface area contributed by atoms with Crippen LogP contribution < -0.4 is 10.1 Å². The van der Waals surface area contributed by atoms with Gasteiger partial charge in [-0.25, -0.2) is 0 Å². The Morgan fingerprint density at radius 3 is 2.63 bits per heavy atom. The van der Waals surface area contributed by atoms with Crippen molar-refractivity contribution >= 4 is 11.6 Å². The molecule has 0 saturated heterocycles. The predicted octanol–water partition coefficient (Wildman–Crippen LogP) is 1.53. The number of nitrogens with zero attached hydrogens (tertiary/aromatic N) is 5. The molecule has 0 aliphatic carbocycles. The van der Waals surface area contributed by atoms with Gasteiger partial charge in [-0.15, -0.1) is 5.10 Å². The van der Waals surface area contributed by atoms with E-state index in [0.717, 1.165) is 16.9 Å². The molecule has 1 N–H and O–H groups in total. The van der Waals surface area contributed by atoms with Crippen LogP contribution in [-0.2, 0) is 24.1 Å². The van der Waals surface area contributed by atoms with Gasteiger partial charge in [0.05, 0.1) is 12.0 Å². The summed E-state index contributed by atoms with van der Waals surface area (Å²) in [5.41, 5.74) is -0.956. The zero-order valence-electron chi connectivity index (χ0n) is 14.5. The molecule has 0 fully saturated rings. The number of alkyl halides is 3. The molecule has 2 heterocycles. The topological polar surface area (TPSA) is 117 Å². The highest BCUT2D eigenvalue weighted by Crippen LogP contribution is 2.28. The van der Waals surface area contributed by atoms with Crippen LogP contribution in [0.25, 0.3) is 0 Å². The van der Waals surface area contributed by atoms with Gasteiger partial charge in [0.1, 0.15) is 12.7 Å². The largest absolute Gasteiger partial charge is 0.475 e. The number of carbonyl (C=O) groups is 1. The van der Waals surface area contributed by atoms with E-state index in [-0.39, 0.29) is 31.2 Å². The lowest BCUT2D eigenvalue weighted by atomic mass is 10.3. The smallest absolute Gasteiger partial charge is 0.435 e. The zero-order chi connectivity index (χ0) is 20.2. The van der Waals surface area contributed by atoms with E-state index < -0.39 is 22.7 Å². The van der Waals surface area contributed by atoms with E-state index in [2.05, 4.69) is 15.5 Å². The molecule has 0 aliphatic heterocycles. The summed E-state index contributed by atoms with van der Waals surface area (Å²) in [6.45, 7) is 1.64. The van der Waals surface area contributed by atoms with E-state index >= 15 is 0 Å². The maximum Gasteiger partial charge on any atom is 0.435 e. The first-order valence-corrected chi connectivity index (χ1v) is 7.76. The minimum Gasteiger partial charge on any atom is -0.475 e. The number of aryl methyl sites for hydroxylation is 2. The number of halogens is 3. The SMILES string of the molecule is COc1nn(CC(=O)NCCCn2nc(C(F)(F)F)cc2C)cc1[N+](=O)[O-]. The molecule has 0 aromatic carbocycles. The highest BCUT2D eigenvalue weighted by molar-refractivity contribution is 5.75.